The van der Waals surface area contributed by atoms with E-state index in [1.807, 2.05) is 29.2 Å². The third-order valence-electron chi connectivity index (χ3n) is 4.70. The van der Waals surface area contributed by atoms with E-state index in [1.165, 1.54) is 0 Å². The Hall–Kier alpha value is -1.43. The zero-order valence-electron chi connectivity index (χ0n) is 13.3. The van der Waals surface area contributed by atoms with Crippen LogP contribution in [0.1, 0.15) is 22.3 Å². The fourth-order valence-corrected chi connectivity index (χ4v) is 3.41. The van der Waals surface area contributed by atoms with Gasteiger partial charge in [0.15, 0.2) is 0 Å². The van der Waals surface area contributed by atoms with Gasteiger partial charge in [-0.1, -0.05) is 18.2 Å². The average Bonchev–Trinajstić information content (AvgIpc) is 2.55. The van der Waals surface area contributed by atoms with Gasteiger partial charge in [0.25, 0.3) is 5.91 Å². The Balaban J connectivity index is 1.75. The fraction of sp³-hybridized carbons (Fsp3) is 0.588. The first kappa shape index (κ1) is 15.5. The fourth-order valence-electron chi connectivity index (χ4n) is 3.41. The molecule has 0 saturated carbocycles. The summed E-state index contributed by atoms with van der Waals surface area (Å²) in [6.45, 7) is 3.69. The van der Waals surface area contributed by atoms with E-state index >= 15 is 0 Å². The molecule has 22 heavy (non-hydrogen) atoms. The molecular weight excluding hydrogens is 280 g/mol. The Morgan fingerprint density at radius 3 is 3.00 bits per heavy atom. The van der Waals surface area contributed by atoms with E-state index < -0.39 is 0 Å². The van der Waals surface area contributed by atoms with Crippen molar-refractivity contribution in [3.63, 3.8) is 0 Å². The van der Waals surface area contributed by atoms with Gasteiger partial charge in [0.05, 0.1) is 25.4 Å². The van der Waals surface area contributed by atoms with Gasteiger partial charge in [0.1, 0.15) is 0 Å². The first-order chi connectivity index (χ1) is 10.7. The molecule has 0 aromatic heterocycles. The number of fused-ring (bicyclic) bond motifs is 1. The van der Waals surface area contributed by atoms with Gasteiger partial charge in [0.2, 0.25) is 0 Å². The number of amides is 1. The molecule has 1 aromatic rings. The molecule has 2 fully saturated rings. The van der Waals surface area contributed by atoms with Crippen LogP contribution in [-0.4, -0.2) is 68.3 Å². The van der Waals surface area contributed by atoms with Crippen molar-refractivity contribution in [2.45, 2.75) is 25.2 Å². The predicted molar refractivity (Wildman–Crippen MR) is 83.8 cm³/mol. The van der Waals surface area contributed by atoms with Crippen molar-refractivity contribution in [2.75, 3.05) is 40.4 Å². The van der Waals surface area contributed by atoms with Crippen LogP contribution in [0, 0.1) is 0 Å². The van der Waals surface area contributed by atoms with Crippen LogP contribution in [0.5, 0.6) is 0 Å². The molecule has 5 heteroatoms. The van der Waals surface area contributed by atoms with Gasteiger partial charge < -0.3 is 14.4 Å². The Kier molecular flexibility index (Phi) is 4.76. The molecule has 1 aromatic carbocycles. The molecule has 2 saturated heterocycles. The van der Waals surface area contributed by atoms with E-state index in [1.54, 1.807) is 7.11 Å². The first-order valence-corrected chi connectivity index (χ1v) is 7.88. The van der Waals surface area contributed by atoms with Gasteiger partial charge in [0, 0.05) is 32.3 Å². The Bertz CT molecular complexity index is 534. The van der Waals surface area contributed by atoms with Crippen molar-refractivity contribution in [1.29, 1.82) is 0 Å². The van der Waals surface area contributed by atoms with Crippen molar-refractivity contribution in [2.24, 2.45) is 0 Å². The summed E-state index contributed by atoms with van der Waals surface area (Å²) in [5, 5.41) is 0. The lowest BCUT2D eigenvalue weighted by Crippen LogP contribution is -2.59. The van der Waals surface area contributed by atoms with E-state index in [2.05, 4.69) is 11.9 Å². The highest BCUT2D eigenvalue weighted by Gasteiger charge is 2.37. The Morgan fingerprint density at radius 2 is 2.18 bits per heavy atom. The molecular formula is C17H24N2O3. The molecule has 0 aliphatic carbocycles. The number of rotatable bonds is 3. The maximum absolute atomic E-state index is 12.9. The highest BCUT2D eigenvalue weighted by Crippen LogP contribution is 2.24. The molecule has 120 valence electrons. The summed E-state index contributed by atoms with van der Waals surface area (Å²) in [6.07, 6.45) is 1.17. The van der Waals surface area contributed by atoms with Crippen molar-refractivity contribution < 1.29 is 14.3 Å². The molecule has 0 bridgehead atoms. The third-order valence-corrected chi connectivity index (χ3v) is 4.70. The lowest BCUT2D eigenvalue weighted by molar-refractivity contribution is -0.0893. The third kappa shape index (κ3) is 3.02. The number of likely N-dealkylation sites (N-methyl/N-ethyl adjacent to an activating group) is 1. The number of morpholine rings is 1. The van der Waals surface area contributed by atoms with Crippen LogP contribution >= 0.6 is 0 Å². The molecule has 2 aliphatic heterocycles. The molecule has 0 N–H and O–H groups in total. The highest BCUT2D eigenvalue weighted by molar-refractivity contribution is 5.95. The zero-order chi connectivity index (χ0) is 15.5. The summed E-state index contributed by atoms with van der Waals surface area (Å²) >= 11 is 0. The number of methoxy groups -OCH3 is 1. The van der Waals surface area contributed by atoms with Crippen LogP contribution in [0.3, 0.4) is 0 Å². The quantitative estimate of drug-likeness (QED) is 0.846. The lowest BCUT2D eigenvalue weighted by Gasteiger charge is -2.45. The number of piperidine rings is 1. The molecule has 0 radical (unpaired) electrons. The summed E-state index contributed by atoms with van der Waals surface area (Å²) in [5.41, 5.74) is 1.70. The van der Waals surface area contributed by atoms with E-state index in [4.69, 9.17) is 9.47 Å². The zero-order valence-corrected chi connectivity index (χ0v) is 13.3. The van der Waals surface area contributed by atoms with Gasteiger partial charge in [-0.3, -0.25) is 9.69 Å². The molecule has 1 amide bonds. The minimum atomic E-state index is 0.102. The van der Waals surface area contributed by atoms with Crippen molar-refractivity contribution >= 4 is 5.91 Å². The van der Waals surface area contributed by atoms with Gasteiger partial charge in [-0.2, -0.15) is 0 Å². The SMILES string of the molecule is COCc1ccccc1C(=O)N1CC[C@H]2OCCN(C)[C@H]2C1. The summed E-state index contributed by atoms with van der Waals surface area (Å²) in [4.78, 5) is 17.2. The lowest BCUT2D eigenvalue weighted by atomic mass is 9.97. The summed E-state index contributed by atoms with van der Waals surface area (Å²) in [7, 11) is 3.77. The van der Waals surface area contributed by atoms with Crippen LogP contribution in [0.15, 0.2) is 24.3 Å². The van der Waals surface area contributed by atoms with Crippen molar-refractivity contribution in [3.8, 4) is 0 Å². The standard InChI is InChI=1S/C17H24N2O3/c1-18-9-10-22-16-7-8-19(11-15(16)18)17(20)14-6-4-3-5-13(14)12-21-2/h3-6,15-16H,7-12H2,1-2H3/t15-,16+/m0/s1. The van der Waals surface area contributed by atoms with Crippen molar-refractivity contribution in [1.82, 2.24) is 9.80 Å². The average molecular weight is 304 g/mol. The van der Waals surface area contributed by atoms with Crippen LogP contribution < -0.4 is 0 Å². The smallest absolute Gasteiger partial charge is 0.254 e. The Labute approximate surface area is 131 Å². The summed E-state index contributed by atoms with van der Waals surface area (Å²) < 4.78 is 11.1. The number of likely N-dealkylation sites (tertiary alicyclic amines) is 1. The van der Waals surface area contributed by atoms with Crippen LogP contribution in [0.4, 0.5) is 0 Å². The maximum atomic E-state index is 12.9. The second-order valence-corrected chi connectivity index (χ2v) is 6.09. The number of nitrogens with zero attached hydrogens (tertiary/aromatic N) is 2. The van der Waals surface area contributed by atoms with E-state index in [0.29, 0.717) is 12.6 Å². The number of ether oxygens (including phenoxy) is 2. The molecule has 5 nitrogen and oxygen atoms in total. The second kappa shape index (κ2) is 6.77. The molecule has 2 heterocycles. The molecule has 0 unspecified atom stereocenters. The van der Waals surface area contributed by atoms with E-state index in [-0.39, 0.29) is 12.0 Å². The minimum Gasteiger partial charge on any atom is -0.380 e. The molecule has 3 rings (SSSR count). The van der Waals surface area contributed by atoms with Gasteiger partial charge in [-0.15, -0.1) is 0 Å². The van der Waals surface area contributed by atoms with Gasteiger partial charge in [-0.05, 0) is 25.1 Å². The topological polar surface area (TPSA) is 42.0 Å². The molecule has 2 aliphatic rings. The Morgan fingerprint density at radius 1 is 1.36 bits per heavy atom. The number of hydrogen-bond donors (Lipinski definition) is 0. The van der Waals surface area contributed by atoms with E-state index in [9.17, 15) is 4.79 Å². The number of carbonyl (C=O) groups is 1. The van der Waals surface area contributed by atoms with Crippen LogP contribution in [-0.2, 0) is 16.1 Å². The van der Waals surface area contributed by atoms with Crippen LogP contribution in [0.2, 0.25) is 0 Å². The van der Waals surface area contributed by atoms with Crippen LogP contribution in [0.25, 0.3) is 0 Å². The summed E-state index contributed by atoms with van der Waals surface area (Å²) in [5.74, 6) is 0.102. The highest BCUT2D eigenvalue weighted by atomic mass is 16.5. The first-order valence-electron chi connectivity index (χ1n) is 7.88. The number of hydrogen-bond acceptors (Lipinski definition) is 4. The monoisotopic (exact) mass is 304 g/mol. The maximum Gasteiger partial charge on any atom is 0.254 e. The number of carbonyl (C=O) groups excluding carboxylic acids is 1. The second-order valence-electron chi connectivity index (χ2n) is 6.09. The van der Waals surface area contributed by atoms with E-state index in [0.717, 1.165) is 43.8 Å². The normalized spacial score (nSPS) is 25.8. The molecule has 0 spiro atoms. The van der Waals surface area contributed by atoms with Gasteiger partial charge >= 0.3 is 0 Å². The predicted octanol–water partition coefficient (Wildman–Crippen LogP) is 1.38. The molecule has 2 atom stereocenters. The minimum absolute atomic E-state index is 0.102. The van der Waals surface area contributed by atoms with Crippen molar-refractivity contribution in [3.05, 3.63) is 35.4 Å². The van der Waals surface area contributed by atoms with Gasteiger partial charge in [-0.25, -0.2) is 0 Å². The largest absolute Gasteiger partial charge is 0.380 e. The number of benzene rings is 1. The summed E-state index contributed by atoms with van der Waals surface area (Å²) in [6, 6.07) is 8.01.